The van der Waals surface area contributed by atoms with Crippen molar-refractivity contribution in [3.63, 3.8) is 0 Å². The molecule has 0 saturated carbocycles. The van der Waals surface area contributed by atoms with Gasteiger partial charge in [0.05, 0.1) is 16.2 Å². The minimum Gasteiger partial charge on any atom is -0.481 e. The zero-order chi connectivity index (χ0) is 44.1. The summed E-state index contributed by atoms with van der Waals surface area (Å²) in [5.74, 6) is -2.73. The van der Waals surface area contributed by atoms with Gasteiger partial charge in [-0.15, -0.1) is 0 Å². The summed E-state index contributed by atoms with van der Waals surface area (Å²) in [4.78, 5) is 58.0. The molecule has 0 amide bonds. The number of H-pyrrole nitrogens is 4. The number of carboxylic acids is 4. The monoisotopic (exact) mass is 827 g/mol. The highest BCUT2D eigenvalue weighted by atomic mass is 16.4. The molecule has 13 heteroatoms. The molecule has 1 aliphatic heterocycles. The SMILES string of the molecule is C1=c2ccc([nH]2)=Cc2ccc([nH]2)C=c2[nH]c(c3cccnc23)=Cc2ccc1[nH]2.CCCCCC(=O)O.CCCCCC(=O)O.CCCCCC(=O)O.CCCCCC(=O)O. The molecule has 8 N–H and O–H groups in total. The third-order valence-corrected chi connectivity index (χ3v) is 9.01. The second kappa shape index (κ2) is 29.2. The molecule has 0 unspecified atom stereocenters. The molecule has 5 aromatic heterocycles. The molecular weight excluding hydrogens is 763 g/mol. The number of hydrogen-bond donors (Lipinski definition) is 8. The van der Waals surface area contributed by atoms with Gasteiger partial charge in [-0.25, -0.2) is 0 Å². The van der Waals surface area contributed by atoms with E-state index in [-0.39, 0.29) is 0 Å². The molecule has 0 fully saturated rings. The number of nitrogens with zero attached hydrogens (tertiary/aromatic N) is 1. The maximum atomic E-state index is 9.87. The van der Waals surface area contributed by atoms with Gasteiger partial charge in [0.1, 0.15) is 0 Å². The first kappa shape index (κ1) is 50.0. The largest absolute Gasteiger partial charge is 0.481 e. The average molecular weight is 828 g/mol. The lowest BCUT2D eigenvalue weighted by Gasteiger charge is -1.89. The van der Waals surface area contributed by atoms with Gasteiger partial charge in [-0.1, -0.05) is 79.1 Å². The van der Waals surface area contributed by atoms with E-state index in [9.17, 15) is 19.2 Å². The van der Waals surface area contributed by atoms with Crippen LogP contribution in [0.2, 0.25) is 0 Å². The van der Waals surface area contributed by atoms with Crippen LogP contribution in [-0.2, 0) is 19.2 Å². The van der Waals surface area contributed by atoms with Crippen LogP contribution in [0.1, 0.15) is 153 Å². The maximum Gasteiger partial charge on any atom is 0.303 e. The number of aromatic nitrogens is 5. The van der Waals surface area contributed by atoms with Crippen molar-refractivity contribution in [3.8, 4) is 0 Å². The zero-order valence-corrected chi connectivity index (χ0v) is 35.7. The number of nitrogens with one attached hydrogen (secondary N) is 4. The number of carboxylic acid groups (broad SMARTS) is 4. The number of aromatic amines is 4. The molecule has 326 valence electrons. The fourth-order valence-electron chi connectivity index (χ4n) is 5.87. The first-order valence-electron chi connectivity index (χ1n) is 21.2. The lowest BCUT2D eigenvalue weighted by atomic mass is 10.2. The Kier molecular flexibility index (Phi) is 24.3. The molecule has 0 aliphatic carbocycles. The number of fused-ring (bicyclic) bond motifs is 11. The third-order valence-electron chi connectivity index (χ3n) is 9.01. The summed E-state index contributed by atoms with van der Waals surface area (Å²) in [6, 6.07) is 16.6. The molecule has 5 aromatic rings. The van der Waals surface area contributed by atoms with Crippen LogP contribution in [0.15, 0.2) is 54.7 Å². The zero-order valence-electron chi connectivity index (χ0n) is 35.7. The van der Waals surface area contributed by atoms with Crippen LogP contribution in [0.3, 0.4) is 0 Å². The van der Waals surface area contributed by atoms with Gasteiger partial charge >= 0.3 is 23.9 Å². The molecule has 0 saturated heterocycles. The number of rotatable bonds is 16. The van der Waals surface area contributed by atoms with E-state index >= 15 is 0 Å². The van der Waals surface area contributed by atoms with Crippen LogP contribution in [0, 0.1) is 0 Å². The van der Waals surface area contributed by atoms with E-state index in [2.05, 4.69) is 119 Å². The van der Waals surface area contributed by atoms with E-state index in [0.717, 1.165) is 132 Å². The first-order valence-corrected chi connectivity index (χ1v) is 21.2. The van der Waals surface area contributed by atoms with Crippen molar-refractivity contribution in [1.82, 2.24) is 24.9 Å². The third kappa shape index (κ3) is 21.1. The molecule has 8 bridgehead atoms. The van der Waals surface area contributed by atoms with Gasteiger partial charge < -0.3 is 40.4 Å². The van der Waals surface area contributed by atoms with Crippen molar-refractivity contribution in [1.29, 1.82) is 0 Å². The Labute approximate surface area is 352 Å². The predicted molar refractivity (Wildman–Crippen MR) is 238 cm³/mol. The van der Waals surface area contributed by atoms with Gasteiger partial charge in [0.25, 0.3) is 0 Å². The number of carbonyl (C=O) groups is 4. The second-order valence-corrected chi connectivity index (χ2v) is 14.4. The Morgan fingerprint density at radius 3 is 1.18 bits per heavy atom. The Balaban J connectivity index is 0.000000319. The van der Waals surface area contributed by atoms with Crippen molar-refractivity contribution in [3.05, 3.63) is 98.9 Å². The van der Waals surface area contributed by atoms with Gasteiger partial charge in [-0.05, 0) is 98.5 Å². The van der Waals surface area contributed by atoms with Crippen LogP contribution < -0.4 is 21.4 Å². The van der Waals surface area contributed by atoms with Crippen molar-refractivity contribution in [2.75, 3.05) is 0 Å². The Morgan fingerprint density at radius 1 is 0.450 bits per heavy atom. The molecule has 6 rings (SSSR count). The van der Waals surface area contributed by atoms with Crippen molar-refractivity contribution in [2.45, 2.75) is 130 Å². The predicted octanol–water partition coefficient (Wildman–Crippen LogP) is 7.78. The topological polar surface area (TPSA) is 225 Å². The number of hydrogen-bond acceptors (Lipinski definition) is 5. The van der Waals surface area contributed by atoms with Crippen molar-refractivity contribution in [2.24, 2.45) is 0 Å². The summed E-state index contributed by atoms with van der Waals surface area (Å²) in [6.07, 6.45) is 23.4. The number of unbranched alkanes of at least 4 members (excludes halogenated alkanes) is 8. The van der Waals surface area contributed by atoms with E-state index < -0.39 is 23.9 Å². The molecule has 0 aromatic carbocycles. The van der Waals surface area contributed by atoms with E-state index in [4.69, 9.17) is 20.4 Å². The molecular formula is C47H65N5O8. The number of pyridine rings is 1. The maximum absolute atomic E-state index is 9.87. The van der Waals surface area contributed by atoms with Gasteiger partial charge in [0, 0.05) is 70.7 Å². The van der Waals surface area contributed by atoms with Crippen LogP contribution in [0.5, 0.6) is 0 Å². The first-order chi connectivity index (χ1) is 28.9. The summed E-state index contributed by atoms with van der Waals surface area (Å²) < 4.78 is 0. The number of aliphatic carboxylic acids is 4. The van der Waals surface area contributed by atoms with Gasteiger partial charge in [0.2, 0.25) is 0 Å². The minimum atomic E-state index is -0.682. The van der Waals surface area contributed by atoms with E-state index in [1.54, 1.807) is 0 Å². The molecule has 6 heterocycles. The highest BCUT2D eigenvalue weighted by molar-refractivity contribution is 5.82. The average Bonchev–Trinajstić information content (AvgIpc) is 4.02. The van der Waals surface area contributed by atoms with Gasteiger partial charge in [-0.3, -0.25) is 24.2 Å². The van der Waals surface area contributed by atoms with E-state index in [1.807, 2.05) is 12.3 Å². The summed E-state index contributed by atoms with van der Waals surface area (Å²) >= 11 is 0. The smallest absolute Gasteiger partial charge is 0.303 e. The normalized spacial score (nSPS) is 10.8. The molecule has 0 spiro atoms. The lowest BCUT2D eigenvalue weighted by molar-refractivity contribution is -0.138. The van der Waals surface area contributed by atoms with Crippen LogP contribution in [-0.4, -0.2) is 69.2 Å². The Bertz CT molecular complexity index is 2080. The summed E-state index contributed by atoms with van der Waals surface area (Å²) in [6.45, 7) is 8.23. The second-order valence-electron chi connectivity index (χ2n) is 14.4. The Hall–Kier alpha value is -6.11. The highest BCUT2D eigenvalue weighted by Gasteiger charge is 2.04. The highest BCUT2D eigenvalue weighted by Crippen LogP contribution is 2.08. The summed E-state index contributed by atoms with van der Waals surface area (Å²) in [5.41, 5.74) is 5.13. The molecule has 0 atom stereocenters. The molecule has 1 aliphatic rings. The summed E-state index contributed by atoms with van der Waals surface area (Å²) in [5, 5.41) is 37.8. The van der Waals surface area contributed by atoms with Gasteiger partial charge in [-0.2, -0.15) is 0 Å². The molecule has 13 nitrogen and oxygen atoms in total. The van der Waals surface area contributed by atoms with Gasteiger partial charge in [0.15, 0.2) is 0 Å². The fourth-order valence-corrected chi connectivity index (χ4v) is 5.87. The van der Waals surface area contributed by atoms with Crippen LogP contribution >= 0.6 is 0 Å². The van der Waals surface area contributed by atoms with Crippen molar-refractivity contribution < 1.29 is 39.6 Å². The van der Waals surface area contributed by atoms with Crippen LogP contribution in [0.4, 0.5) is 0 Å². The quantitative estimate of drug-likeness (QED) is 0.0445. The fraction of sp³-hybridized carbons (Fsp3) is 0.426. The molecule has 60 heavy (non-hydrogen) atoms. The van der Waals surface area contributed by atoms with E-state index in [1.165, 1.54) is 0 Å². The van der Waals surface area contributed by atoms with Crippen LogP contribution in [0.25, 0.3) is 35.2 Å². The summed E-state index contributed by atoms with van der Waals surface area (Å²) in [7, 11) is 0. The molecule has 0 radical (unpaired) electrons. The lowest BCUT2D eigenvalue weighted by Crippen LogP contribution is -2.11. The van der Waals surface area contributed by atoms with Crippen molar-refractivity contribution >= 4 is 59.1 Å². The minimum absolute atomic E-state index is 0.327. The van der Waals surface area contributed by atoms with E-state index in [0.29, 0.717) is 25.7 Å². The Morgan fingerprint density at radius 2 is 0.817 bits per heavy atom. The standard InChI is InChI=1S/C23H17N5.4C6H12O2/c1-2-20-21-12-18-7-5-16(26-18)10-14-3-4-15(25-14)11-17-6-8-19(27-17)13-22(28-21)23(20)24-9-1;4*1-2-3-4-5-6(7)8/h1-13,25-28H;4*2-5H2,1H3,(H,7,8).